The number of hydrogen-bond donors (Lipinski definition) is 0. The van der Waals surface area contributed by atoms with Crippen molar-refractivity contribution >= 4 is 35.4 Å². The van der Waals surface area contributed by atoms with Crippen LogP contribution in [0.4, 0.5) is 0 Å². The van der Waals surface area contributed by atoms with Crippen molar-refractivity contribution < 1.29 is 47.7 Å². The van der Waals surface area contributed by atoms with Crippen molar-refractivity contribution in [3.63, 3.8) is 0 Å². The molecule has 200 valence electrons. The second-order valence-corrected chi connectivity index (χ2v) is 7.44. The highest BCUT2D eigenvalue weighted by Gasteiger charge is 2.19. The molecule has 2 rings (SSSR count). The first kappa shape index (κ1) is 29.7. The molecule has 0 fully saturated rings. The molecular formula is C29H24O10. The Balaban J connectivity index is 2.46. The molecule has 2 aromatic carbocycles. The highest BCUT2D eigenvalue weighted by molar-refractivity contribution is 5.98. The Hall–Kier alpha value is -5.51. The lowest BCUT2D eigenvalue weighted by atomic mass is 10.0. The van der Waals surface area contributed by atoms with Gasteiger partial charge in [0.15, 0.2) is 11.5 Å². The molecule has 0 unspecified atom stereocenters. The van der Waals surface area contributed by atoms with Gasteiger partial charge in [-0.1, -0.05) is 26.3 Å². The summed E-state index contributed by atoms with van der Waals surface area (Å²) in [5.41, 5.74) is 0.829. The van der Waals surface area contributed by atoms with Crippen molar-refractivity contribution in [3.05, 3.63) is 98.2 Å². The van der Waals surface area contributed by atoms with Crippen LogP contribution in [0.2, 0.25) is 0 Å². The SMILES string of the molecule is C=CC(=O)Oc1cc(OC(=O)C=C)cc(/C(C)=C(\C)C(=O)Oc2ccc(OC(=O)C=C)cc2OC(=O)C=C)c1. The van der Waals surface area contributed by atoms with Crippen LogP contribution >= 0.6 is 0 Å². The minimum absolute atomic E-state index is 0.00231. The van der Waals surface area contributed by atoms with E-state index in [2.05, 4.69) is 26.3 Å². The molecule has 10 nitrogen and oxygen atoms in total. The number of benzene rings is 2. The fourth-order valence-corrected chi connectivity index (χ4v) is 2.79. The number of carbonyl (C=O) groups excluding carboxylic acids is 5. The van der Waals surface area contributed by atoms with E-state index >= 15 is 0 Å². The number of allylic oxidation sites excluding steroid dienone is 1. The van der Waals surface area contributed by atoms with Gasteiger partial charge in [0.2, 0.25) is 0 Å². The van der Waals surface area contributed by atoms with E-state index in [0.29, 0.717) is 11.1 Å². The highest BCUT2D eigenvalue weighted by atomic mass is 16.6. The van der Waals surface area contributed by atoms with Crippen molar-refractivity contribution in [2.45, 2.75) is 13.8 Å². The van der Waals surface area contributed by atoms with Gasteiger partial charge in [-0.15, -0.1) is 0 Å². The maximum atomic E-state index is 13.0. The molecule has 0 atom stereocenters. The molecule has 0 N–H and O–H groups in total. The van der Waals surface area contributed by atoms with Crippen LogP contribution in [0.5, 0.6) is 28.7 Å². The molecule has 39 heavy (non-hydrogen) atoms. The third-order valence-electron chi connectivity index (χ3n) is 4.83. The summed E-state index contributed by atoms with van der Waals surface area (Å²) in [6, 6.07) is 7.94. The maximum Gasteiger partial charge on any atom is 0.339 e. The predicted octanol–water partition coefficient (Wildman–Crippen LogP) is 4.45. The van der Waals surface area contributed by atoms with Crippen molar-refractivity contribution in [1.29, 1.82) is 0 Å². The van der Waals surface area contributed by atoms with Gasteiger partial charge in [-0.25, -0.2) is 24.0 Å². The molecule has 0 spiro atoms. The monoisotopic (exact) mass is 532 g/mol. The van der Waals surface area contributed by atoms with Gasteiger partial charge in [0, 0.05) is 42.0 Å². The van der Waals surface area contributed by atoms with Gasteiger partial charge in [0.1, 0.15) is 17.2 Å². The van der Waals surface area contributed by atoms with E-state index in [1.54, 1.807) is 6.92 Å². The number of esters is 5. The number of rotatable bonds is 11. The summed E-state index contributed by atoms with van der Waals surface area (Å²) in [7, 11) is 0. The average Bonchev–Trinajstić information content (AvgIpc) is 2.92. The minimum atomic E-state index is -0.851. The van der Waals surface area contributed by atoms with E-state index in [-0.39, 0.29) is 34.3 Å². The first-order chi connectivity index (χ1) is 18.5. The first-order valence-electron chi connectivity index (χ1n) is 11.1. The van der Waals surface area contributed by atoms with Gasteiger partial charge < -0.3 is 23.7 Å². The quantitative estimate of drug-likeness (QED) is 0.232. The van der Waals surface area contributed by atoms with Gasteiger partial charge in [-0.2, -0.15) is 0 Å². The molecular weight excluding hydrogens is 508 g/mol. The van der Waals surface area contributed by atoms with Crippen LogP contribution in [-0.2, 0) is 24.0 Å². The Morgan fingerprint density at radius 1 is 0.564 bits per heavy atom. The van der Waals surface area contributed by atoms with Crippen LogP contribution < -0.4 is 23.7 Å². The van der Waals surface area contributed by atoms with Gasteiger partial charge in [-0.3, -0.25) is 0 Å². The molecule has 0 saturated heterocycles. The van der Waals surface area contributed by atoms with E-state index in [1.165, 1.54) is 43.3 Å². The van der Waals surface area contributed by atoms with Crippen LogP contribution in [-0.4, -0.2) is 29.8 Å². The zero-order chi connectivity index (χ0) is 29.1. The molecule has 0 saturated carbocycles. The van der Waals surface area contributed by atoms with Crippen LogP contribution in [0.15, 0.2) is 92.6 Å². The third-order valence-corrected chi connectivity index (χ3v) is 4.83. The van der Waals surface area contributed by atoms with E-state index < -0.39 is 29.8 Å². The van der Waals surface area contributed by atoms with Crippen molar-refractivity contribution in [1.82, 2.24) is 0 Å². The summed E-state index contributed by atoms with van der Waals surface area (Å²) < 4.78 is 25.9. The summed E-state index contributed by atoms with van der Waals surface area (Å²) in [4.78, 5) is 59.7. The normalized spacial score (nSPS) is 10.6. The molecule has 0 aliphatic heterocycles. The Morgan fingerprint density at radius 3 is 1.51 bits per heavy atom. The molecule has 10 heteroatoms. The Bertz CT molecular complexity index is 1370. The van der Waals surface area contributed by atoms with Gasteiger partial charge >= 0.3 is 29.8 Å². The summed E-state index contributed by atoms with van der Waals surface area (Å²) in [5, 5.41) is 0. The predicted molar refractivity (Wildman–Crippen MR) is 140 cm³/mol. The van der Waals surface area contributed by atoms with Crippen molar-refractivity contribution in [3.8, 4) is 28.7 Å². The summed E-state index contributed by atoms with van der Waals surface area (Å²) >= 11 is 0. The van der Waals surface area contributed by atoms with E-state index in [9.17, 15) is 24.0 Å². The van der Waals surface area contributed by atoms with Crippen LogP contribution in [0.25, 0.3) is 5.57 Å². The van der Waals surface area contributed by atoms with E-state index in [4.69, 9.17) is 23.7 Å². The molecule has 0 amide bonds. The largest absolute Gasteiger partial charge is 0.423 e. The van der Waals surface area contributed by atoms with Gasteiger partial charge in [-0.05, 0) is 49.2 Å². The van der Waals surface area contributed by atoms with Crippen LogP contribution in [0.3, 0.4) is 0 Å². The van der Waals surface area contributed by atoms with Crippen LogP contribution in [0, 0.1) is 0 Å². The lowest BCUT2D eigenvalue weighted by Crippen LogP contribution is -2.13. The smallest absolute Gasteiger partial charge is 0.339 e. The van der Waals surface area contributed by atoms with Crippen molar-refractivity contribution in [2.75, 3.05) is 0 Å². The molecule has 0 bridgehead atoms. The van der Waals surface area contributed by atoms with Crippen LogP contribution in [0.1, 0.15) is 19.4 Å². The lowest BCUT2D eigenvalue weighted by Gasteiger charge is -2.14. The number of ether oxygens (including phenoxy) is 5. The second kappa shape index (κ2) is 13.7. The maximum absolute atomic E-state index is 13.0. The van der Waals surface area contributed by atoms with Crippen molar-refractivity contribution in [2.24, 2.45) is 0 Å². The molecule has 2 aromatic rings. The van der Waals surface area contributed by atoms with Gasteiger partial charge in [0.05, 0.1) is 0 Å². The zero-order valence-electron chi connectivity index (χ0n) is 21.2. The average molecular weight is 533 g/mol. The molecule has 0 aliphatic carbocycles. The highest BCUT2D eigenvalue weighted by Crippen LogP contribution is 2.34. The topological polar surface area (TPSA) is 132 Å². The molecule has 0 radical (unpaired) electrons. The molecule has 0 aromatic heterocycles. The standard InChI is InChI=1S/C29H24O10/c1-7-25(30)35-20-11-12-23(24(16-20)38-28(33)10-4)39-29(34)18(6)17(5)19-13-21(36-26(31)8-2)15-22(14-19)37-27(32)9-3/h7-16H,1-4H2,5-6H3/b18-17+. The molecule has 0 heterocycles. The Morgan fingerprint density at radius 2 is 1.03 bits per heavy atom. The second-order valence-electron chi connectivity index (χ2n) is 7.44. The third kappa shape index (κ3) is 8.53. The van der Waals surface area contributed by atoms with E-state index in [1.807, 2.05) is 0 Å². The summed E-state index contributed by atoms with van der Waals surface area (Å²) in [6.45, 7) is 16.3. The van der Waals surface area contributed by atoms with E-state index in [0.717, 1.165) is 24.3 Å². The summed E-state index contributed by atoms with van der Waals surface area (Å²) in [5.74, 6) is -4.28. The Labute approximate surface area is 224 Å². The first-order valence-corrected chi connectivity index (χ1v) is 11.1. The number of carbonyl (C=O) groups is 5. The fraction of sp³-hybridized carbons (Fsp3) is 0.0690. The van der Waals surface area contributed by atoms with Gasteiger partial charge in [0.25, 0.3) is 0 Å². The number of hydrogen-bond acceptors (Lipinski definition) is 10. The zero-order valence-corrected chi connectivity index (χ0v) is 21.2. The molecule has 0 aliphatic rings. The fourth-order valence-electron chi connectivity index (χ4n) is 2.79. The Kier molecular flexibility index (Phi) is 10.4. The lowest BCUT2D eigenvalue weighted by molar-refractivity contribution is -0.132. The summed E-state index contributed by atoms with van der Waals surface area (Å²) in [6.07, 6.45) is 3.74. The minimum Gasteiger partial charge on any atom is -0.423 e.